The predicted octanol–water partition coefficient (Wildman–Crippen LogP) is 1.50. The first-order chi connectivity index (χ1) is 5.72. The zero-order valence-electron chi connectivity index (χ0n) is 6.70. The van der Waals surface area contributed by atoms with Crippen LogP contribution in [0.1, 0.15) is 5.56 Å². The van der Waals surface area contributed by atoms with Gasteiger partial charge in [-0.1, -0.05) is 12.1 Å². The smallest absolute Gasteiger partial charge is 0.115 e. The zero-order valence-corrected chi connectivity index (χ0v) is 7.46. The van der Waals surface area contributed by atoms with Crippen LogP contribution in [-0.2, 0) is 6.42 Å². The van der Waals surface area contributed by atoms with E-state index in [0.29, 0.717) is 12.3 Å². The van der Waals surface area contributed by atoms with Gasteiger partial charge in [-0.05, 0) is 24.1 Å². The number of benzene rings is 1. The largest absolute Gasteiger partial charge is 0.508 e. The van der Waals surface area contributed by atoms with Crippen LogP contribution in [0.25, 0.3) is 0 Å². The molecule has 3 heteroatoms. The Morgan fingerprint density at radius 1 is 1.50 bits per heavy atom. The normalized spacial score (nSPS) is 12.8. The topological polar surface area (TPSA) is 46.2 Å². The lowest BCUT2D eigenvalue weighted by Gasteiger charge is -2.07. The second-order valence-corrected chi connectivity index (χ2v) is 3.10. The highest BCUT2D eigenvalue weighted by molar-refractivity contribution is 6.18. The van der Waals surface area contributed by atoms with Crippen LogP contribution in [0.2, 0.25) is 0 Å². The Labute approximate surface area is 77.0 Å². The van der Waals surface area contributed by atoms with Crippen LogP contribution >= 0.6 is 11.6 Å². The molecule has 0 bridgehead atoms. The minimum atomic E-state index is -0.0338. The van der Waals surface area contributed by atoms with Crippen molar-refractivity contribution < 1.29 is 5.11 Å². The first-order valence-corrected chi connectivity index (χ1v) is 4.35. The molecule has 0 aliphatic carbocycles. The summed E-state index contributed by atoms with van der Waals surface area (Å²) in [6.45, 7) is 0. The van der Waals surface area contributed by atoms with E-state index in [1.165, 1.54) is 0 Å². The van der Waals surface area contributed by atoms with Crippen molar-refractivity contribution in [2.45, 2.75) is 12.5 Å². The van der Waals surface area contributed by atoms with Gasteiger partial charge < -0.3 is 10.8 Å². The van der Waals surface area contributed by atoms with E-state index in [1.807, 2.05) is 6.07 Å². The highest BCUT2D eigenvalue weighted by Gasteiger charge is 2.01. The summed E-state index contributed by atoms with van der Waals surface area (Å²) in [6, 6.07) is 7.02. The molecule has 0 fully saturated rings. The van der Waals surface area contributed by atoms with Crippen LogP contribution in [0, 0.1) is 0 Å². The molecule has 0 amide bonds. The van der Waals surface area contributed by atoms with Gasteiger partial charge in [-0.15, -0.1) is 11.6 Å². The van der Waals surface area contributed by atoms with Crippen molar-refractivity contribution >= 4 is 11.6 Å². The molecule has 2 nitrogen and oxygen atoms in total. The molecule has 3 N–H and O–H groups in total. The summed E-state index contributed by atoms with van der Waals surface area (Å²) in [4.78, 5) is 0. The minimum absolute atomic E-state index is 0.0338. The highest BCUT2D eigenvalue weighted by Crippen LogP contribution is 2.12. The summed E-state index contributed by atoms with van der Waals surface area (Å²) in [7, 11) is 0. The quantitative estimate of drug-likeness (QED) is 0.702. The number of hydrogen-bond donors (Lipinski definition) is 2. The molecule has 1 rings (SSSR count). The second-order valence-electron chi connectivity index (χ2n) is 2.79. The molecule has 1 unspecified atom stereocenters. The predicted molar refractivity (Wildman–Crippen MR) is 50.5 cm³/mol. The van der Waals surface area contributed by atoms with Gasteiger partial charge in [0.15, 0.2) is 0 Å². The van der Waals surface area contributed by atoms with E-state index < -0.39 is 0 Å². The number of halogens is 1. The molecule has 0 aliphatic rings. The molecule has 1 atom stereocenters. The second kappa shape index (κ2) is 4.33. The molecule has 1 aromatic carbocycles. The van der Waals surface area contributed by atoms with E-state index in [4.69, 9.17) is 22.4 Å². The molecule has 0 aromatic heterocycles. The molecule has 0 radical (unpaired) electrons. The summed E-state index contributed by atoms with van der Waals surface area (Å²) < 4.78 is 0. The van der Waals surface area contributed by atoms with Crippen molar-refractivity contribution in [3.8, 4) is 5.75 Å². The zero-order chi connectivity index (χ0) is 8.97. The third-order valence-electron chi connectivity index (χ3n) is 1.61. The molecule has 12 heavy (non-hydrogen) atoms. The Morgan fingerprint density at radius 3 is 2.83 bits per heavy atom. The molecular weight excluding hydrogens is 174 g/mol. The minimum Gasteiger partial charge on any atom is -0.508 e. The van der Waals surface area contributed by atoms with Gasteiger partial charge in [0, 0.05) is 11.9 Å². The molecule has 0 spiro atoms. The van der Waals surface area contributed by atoms with E-state index in [2.05, 4.69) is 0 Å². The van der Waals surface area contributed by atoms with Crippen molar-refractivity contribution in [2.75, 3.05) is 5.88 Å². The Kier molecular flexibility index (Phi) is 3.38. The highest BCUT2D eigenvalue weighted by atomic mass is 35.5. The van der Waals surface area contributed by atoms with Crippen molar-refractivity contribution in [1.82, 2.24) is 0 Å². The van der Waals surface area contributed by atoms with Crippen LogP contribution in [-0.4, -0.2) is 17.0 Å². The maximum atomic E-state index is 9.12. The fourth-order valence-corrected chi connectivity index (χ4v) is 1.15. The monoisotopic (exact) mass is 185 g/mol. The van der Waals surface area contributed by atoms with Gasteiger partial charge in [0.1, 0.15) is 5.75 Å². The third-order valence-corrected chi connectivity index (χ3v) is 2.00. The number of nitrogens with two attached hydrogens (primary N) is 1. The number of alkyl halides is 1. The van der Waals surface area contributed by atoms with Gasteiger partial charge in [-0.25, -0.2) is 0 Å². The van der Waals surface area contributed by atoms with Crippen molar-refractivity contribution in [3.05, 3.63) is 29.8 Å². The summed E-state index contributed by atoms with van der Waals surface area (Å²) >= 11 is 5.55. The molecule has 0 saturated heterocycles. The summed E-state index contributed by atoms with van der Waals surface area (Å²) in [5, 5.41) is 9.12. The van der Waals surface area contributed by atoms with Crippen LogP contribution in [0.4, 0.5) is 0 Å². The first-order valence-electron chi connectivity index (χ1n) is 3.82. The number of phenolic OH excluding ortho intramolecular Hbond substituents is 1. The lowest BCUT2D eigenvalue weighted by molar-refractivity contribution is 0.474. The molecule has 1 aromatic rings. The molecular formula is C9H12ClNO. The summed E-state index contributed by atoms with van der Waals surface area (Å²) in [6.07, 6.45) is 0.706. The van der Waals surface area contributed by atoms with Gasteiger partial charge in [0.25, 0.3) is 0 Å². The number of rotatable bonds is 3. The van der Waals surface area contributed by atoms with Gasteiger partial charge >= 0.3 is 0 Å². The summed E-state index contributed by atoms with van der Waals surface area (Å²) in [5.74, 6) is 0.713. The van der Waals surface area contributed by atoms with Crippen LogP contribution in [0.5, 0.6) is 5.75 Å². The molecule has 0 saturated carbocycles. The number of hydrogen-bond acceptors (Lipinski definition) is 2. The Balaban J connectivity index is 2.63. The van der Waals surface area contributed by atoms with E-state index in [-0.39, 0.29) is 11.8 Å². The van der Waals surface area contributed by atoms with Crippen molar-refractivity contribution in [2.24, 2.45) is 5.73 Å². The van der Waals surface area contributed by atoms with E-state index in [0.717, 1.165) is 5.56 Å². The maximum Gasteiger partial charge on any atom is 0.115 e. The van der Waals surface area contributed by atoms with E-state index >= 15 is 0 Å². The lowest BCUT2D eigenvalue weighted by Crippen LogP contribution is -2.24. The number of aromatic hydroxyl groups is 1. The maximum absolute atomic E-state index is 9.12. The van der Waals surface area contributed by atoms with Gasteiger partial charge in [-0.2, -0.15) is 0 Å². The molecule has 0 aliphatic heterocycles. The Morgan fingerprint density at radius 2 is 2.25 bits per heavy atom. The number of phenols is 1. The van der Waals surface area contributed by atoms with Crippen LogP contribution in [0.15, 0.2) is 24.3 Å². The van der Waals surface area contributed by atoms with Crippen LogP contribution < -0.4 is 5.73 Å². The first kappa shape index (κ1) is 9.36. The van der Waals surface area contributed by atoms with Gasteiger partial charge in [0.2, 0.25) is 0 Å². The Hall–Kier alpha value is -0.730. The SMILES string of the molecule is NC(CCl)Cc1cccc(O)c1. The van der Waals surface area contributed by atoms with Crippen molar-refractivity contribution in [1.29, 1.82) is 0 Å². The van der Waals surface area contributed by atoms with Gasteiger partial charge in [0.05, 0.1) is 0 Å². The average Bonchev–Trinajstić information content (AvgIpc) is 2.04. The van der Waals surface area contributed by atoms with E-state index in [1.54, 1.807) is 18.2 Å². The lowest BCUT2D eigenvalue weighted by atomic mass is 10.1. The van der Waals surface area contributed by atoms with Gasteiger partial charge in [-0.3, -0.25) is 0 Å². The standard InChI is InChI=1S/C9H12ClNO/c10-6-8(11)4-7-2-1-3-9(12)5-7/h1-3,5,8,12H,4,6,11H2. The summed E-state index contributed by atoms with van der Waals surface area (Å²) in [5.41, 5.74) is 6.66. The fraction of sp³-hybridized carbons (Fsp3) is 0.333. The molecule has 66 valence electrons. The third kappa shape index (κ3) is 2.72. The van der Waals surface area contributed by atoms with Crippen molar-refractivity contribution in [3.63, 3.8) is 0 Å². The molecule has 0 heterocycles. The van der Waals surface area contributed by atoms with E-state index in [9.17, 15) is 0 Å². The van der Waals surface area contributed by atoms with Crippen LogP contribution in [0.3, 0.4) is 0 Å². The Bertz CT molecular complexity index is 252. The average molecular weight is 186 g/mol. The fourth-order valence-electron chi connectivity index (χ4n) is 1.04.